The van der Waals surface area contributed by atoms with Crippen LogP contribution in [0.4, 0.5) is 17.5 Å². The van der Waals surface area contributed by atoms with Crippen LogP contribution in [0.1, 0.15) is 5.56 Å². The highest BCUT2D eigenvalue weighted by Gasteiger charge is 2.12. The molecule has 162 valence electrons. The molecule has 0 aliphatic heterocycles. The first kappa shape index (κ1) is 19.9. The number of aromatic nitrogens is 4. The molecule has 0 fully saturated rings. The average molecular weight is 428 g/mol. The molecule has 0 bridgehead atoms. The normalized spacial score (nSPS) is 11.2. The molecule has 8 nitrogen and oxygen atoms in total. The summed E-state index contributed by atoms with van der Waals surface area (Å²) in [6, 6.07) is 16.2. The van der Waals surface area contributed by atoms with E-state index < -0.39 is 0 Å². The molecule has 0 radical (unpaired) electrons. The van der Waals surface area contributed by atoms with Gasteiger partial charge in [0.15, 0.2) is 0 Å². The Hall–Kier alpha value is -4.04. The van der Waals surface area contributed by atoms with Crippen molar-refractivity contribution in [1.82, 2.24) is 19.9 Å². The molecule has 32 heavy (non-hydrogen) atoms. The summed E-state index contributed by atoms with van der Waals surface area (Å²) in [6.45, 7) is 1.63. The molecule has 4 N–H and O–H groups in total. The third kappa shape index (κ3) is 4.21. The van der Waals surface area contributed by atoms with E-state index in [4.69, 9.17) is 9.47 Å². The number of aromatic amines is 2. The molecule has 5 aromatic rings. The topological polar surface area (TPSA) is 99.9 Å². The lowest BCUT2D eigenvalue weighted by molar-refractivity contribution is 0.147. The van der Waals surface area contributed by atoms with Crippen molar-refractivity contribution in [3.05, 3.63) is 72.7 Å². The zero-order chi connectivity index (χ0) is 21.8. The second kappa shape index (κ2) is 8.99. The Morgan fingerprint density at radius 3 is 2.75 bits per heavy atom. The van der Waals surface area contributed by atoms with E-state index in [1.54, 1.807) is 13.3 Å². The van der Waals surface area contributed by atoms with Gasteiger partial charge in [-0.15, -0.1) is 0 Å². The molecule has 0 atom stereocenters. The van der Waals surface area contributed by atoms with Crippen LogP contribution in [0.3, 0.4) is 0 Å². The first-order chi connectivity index (χ1) is 15.8. The van der Waals surface area contributed by atoms with Gasteiger partial charge in [-0.1, -0.05) is 6.07 Å². The minimum absolute atomic E-state index is 0.453. The van der Waals surface area contributed by atoms with Crippen LogP contribution in [-0.2, 0) is 11.3 Å². The van der Waals surface area contributed by atoms with Crippen molar-refractivity contribution in [3.8, 4) is 5.75 Å². The Morgan fingerprint density at radius 2 is 1.81 bits per heavy atom. The first-order valence-corrected chi connectivity index (χ1v) is 10.4. The maximum atomic E-state index is 5.92. The van der Waals surface area contributed by atoms with E-state index >= 15 is 0 Å². The smallest absolute Gasteiger partial charge is 0.229 e. The van der Waals surface area contributed by atoms with Gasteiger partial charge < -0.3 is 30.1 Å². The van der Waals surface area contributed by atoms with Crippen molar-refractivity contribution in [2.24, 2.45) is 0 Å². The molecule has 0 aliphatic rings. The summed E-state index contributed by atoms with van der Waals surface area (Å²) in [5.41, 5.74) is 4.12. The van der Waals surface area contributed by atoms with E-state index in [0.29, 0.717) is 25.7 Å². The summed E-state index contributed by atoms with van der Waals surface area (Å²) >= 11 is 0. The number of benzene rings is 2. The van der Waals surface area contributed by atoms with Crippen LogP contribution in [0.2, 0.25) is 0 Å². The number of hydrogen-bond acceptors (Lipinski definition) is 6. The number of nitrogens with zero attached hydrogens (tertiary/aromatic N) is 2. The maximum absolute atomic E-state index is 5.92. The number of nitrogens with one attached hydrogen (secondary N) is 4. The van der Waals surface area contributed by atoms with Crippen LogP contribution in [0.25, 0.3) is 21.8 Å². The van der Waals surface area contributed by atoms with E-state index in [1.165, 1.54) is 10.9 Å². The van der Waals surface area contributed by atoms with Crippen LogP contribution < -0.4 is 15.4 Å². The van der Waals surface area contributed by atoms with Crippen LogP contribution in [0.15, 0.2) is 67.1 Å². The Labute approximate surface area is 185 Å². The zero-order valence-corrected chi connectivity index (χ0v) is 17.7. The van der Waals surface area contributed by atoms with E-state index in [0.717, 1.165) is 33.7 Å². The highest BCUT2D eigenvalue weighted by atomic mass is 16.5. The number of rotatable bonds is 9. The molecule has 8 heteroatoms. The quantitative estimate of drug-likeness (QED) is 0.251. The number of hydrogen-bond donors (Lipinski definition) is 4. The summed E-state index contributed by atoms with van der Waals surface area (Å²) in [6.07, 6.45) is 5.58. The zero-order valence-electron chi connectivity index (χ0n) is 17.7. The van der Waals surface area contributed by atoms with Crippen LogP contribution >= 0.6 is 0 Å². The van der Waals surface area contributed by atoms with E-state index in [1.807, 2.05) is 36.7 Å². The van der Waals surface area contributed by atoms with Gasteiger partial charge in [0, 0.05) is 48.7 Å². The average Bonchev–Trinajstić information content (AvgIpc) is 3.48. The SMILES string of the molecule is COCCOc1ccc2[nH]ccc2c1Nc1nccc(NCc2ccc3[nH]ccc3c2)n1. The molecule has 5 rings (SSSR count). The Morgan fingerprint density at radius 1 is 0.938 bits per heavy atom. The lowest BCUT2D eigenvalue weighted by Crippen LogP contribution is -2.07. The fourth-order valence-corrected chi connectivity index (χ4v) is 3.63. The fourth-order valence-electron chi connectivity index (χ4n) is 3.63. The molecule has 2 aromatic carbocycles. The largest absolute Gasteiger partial charge is 0.489 e. The van der Waals surface area contributed by atoms with Crippen LogP contribution in [0, 0.1) is 0 Å². The van der Waals surface area contributed by atoms with Gasteiger partial charge in [0.1, 0.15) is 18.2 Å². The molecule has 3 heterocycles. The lowest BCUT2D eigenvalue weighted by atomic mass is 10.1. The van der Waals surface area contributed by atoms with Crippen molar-refractivity contribution in [3.63, 3.8) is 0 Å². The summed E-state index contributed by atoms with van der Waals surface area (Å²) in [5.74, 6) is 1.94. The molecule has 0 amide bonds. The van der Waals surface area contributed by atoms with Gasteiger partial charge in [0.2, 0.25) is 5.95 Å². The van der Waals surface area contributed by atoms with Gasteiger partial charge in [0.25, 0.3) is 0 Å². The second-order valence-electron chi connectivity index (χ2n) is 7.36. The van der Waals surface area contributed by atoms with E-state index in [9.17, 15) is 0 Å². The van der Waals surface area contributed by atoms with Crippen molar-refractivity contribution >= 4 is 39.3 Å². The van der Waals surface area contributed by atoms with Crippen molar-refractivity contribution in [1.29, 1.82) is 0 Å². The van der Waals surface area contributed by atoms with E-state index in [-0.39, 0.29) is 0 Å². The highest BCUT2D eigenvalue weighted by molar-refractivity contribution is 5.96. The van der Waals surface area contributed by atoms with E-state index in [2.05, 4.69) is 54.8 Å². The molecule has 3 aromatic heterocycles. The summed E-state index contributed by atoms with van der Waals surface area (Å²) in [5, 5.41) is 8.90. The van der Waals surface area contributed by atoms with Gasteiger partial charge in [-0.3, -0.25) is 0 Å². The first-order valence-electron chi connectivity index (χ1n) is 10.4. The fraction of sp³-hybridized carbons (Fsp3) is 0.167. The minimum Gasteiger partial charge on any atom is -0.489 e. The molecule has 0 spiro atoms. The molecule has 0 saturated carbocycles. The van der Waals surface area contributed by atoms with Crippen LogP contribution in [0.5, 0.6) is 5.75 Å². The minimum atomic E-state index is 0.453. The molecule has 0 unspecified atom stereocenters. The summed E-state index contributed by atoms with van der Waals surface area (Å²) < 4.78 is 11.0. The van der Waals surface area contributed by atoms with Gasteiger partial charge >= 0.3 is 0 Å². The lowest BCUT2D eigenvalue weighted by Gasteiger charge is -2.14. The number of anilines is 3. The molecule has 0 aliphatic carbocycles. The predicted octanol–water partition coefficient (Wildman–Crippen LogP) is 4.82. The van der Waals surface area contributed by atoms with Gasteiger partial charge in [-0.2, -0.15) is 4.98 Å². The second-order valence-corrected chi connectivity index (χ2v) is 7.36. The molecular weight excluding hydrogens is 404 g/mol. The molecule has 0 saturated heterocycles. The van der Waals surface area contributed by atoms with Crippen molar-refractivity contribution < 1.29 is 9.47 Å². The third-order valence-electron chi connectivity index (χ3n) is 5.22. The number of H-pyrrole nitrogens is 2. The summed E-state index contributed by atoms with van der Waals surface area (Å²) in [7, 11) is 1.65. The third-order valence-corrected chi connectivity index (χ3v) is 5.22. The predicted molar refractivity (Wildman–Crippen MR) is 127 cm³/mol. The monoisotopic (exact) mass is 428 g/mol. The van der Waals surface area contributed by atoms with Crippen LogP contribution in [-0.4, -0.2) is 40.3 Å². The Balaban J connectivity index is 1.34. The van der Waals surface area contributed by atoms with Gasteiger partial charge in [0.05, 0.1) is 12.3 Å². The Kier molecular flexibility index (Phi) is 5.59. The number of methoxy groups -OCH3 is 1. The van der Waals surface area contributed by atoms with Crippen molar-refractivity contribution in [2.45, 2.75) is 6.54 Å². The highest BCUT2D eigenvalue weighted by Crippen LogP contribution is 2.34. The number of fused-ring (bicyclic) bond motifs is 2. The maximum Gasteiger partial charge on any atom is 0.229 e. The standard InChI is InChI=1S/C24H24N6O2/c1-31-12-13-32-21-5-4-20-18(7-10-26-20)23(21)30-24-27-11-8-22(29-24)28-15-16-2-3-19-17(14-16)6-9-25-19/h2-11,14,25-26H,12-13,15H2,1H3,(H2,27,28,29,30). The van der Waals surface area contributed by atoms with Gasteiger partial charge in [-0.05, 0) is 53.4 Å². The van der Waals surface area contributed by atoms with Gasteiger partial charge in [-0.25, -0.2) is 4.98 Å². The summed E-state index contributed by atoms with van der Waals surface area (Å²) in [4.78, 5) is 15.5. The number of ether oxygens (including phenoxy) is 2. The Bertz CT molecular complexity index is 1340. The molecular formula is C24H24N6O2. The van der Waals surface area contributed by atoms with Crippen molar-refractivity contribution in [2.75, 3.05) is 31.0 Å².